The maximum atomic E-state index is 13.3. The third-order valence-corrected chi connectivity index (χ3v) is 7.65. The van der Waals surface area contributed by atoms with E-state index >= 15 is 0 Å². The van der Waals surface area contributed by atoms with Gasteiger partial charge in [0.15, 0.2) is 0 Å². The molecule has 1 amide bonds. The van der Waals surface area contributed by atoms with Gasteiger partial charge in [0.1, 0.15) is 21.8 Å². The molecule has 1 aromatic rings. The summed E-state index contributed by atoms with van der Waals surface area (Å²) in [5, 5.41) is 9.60. The normalized spacial score (nSPS) is 21.8. The minimum absolute atomic E-state index is 0.0680. The van der Waals surface area contributed by atoms with Gasteiger partial charge in [-0.15, -0.1) is 0 Å². The second kappa shape index (κ2) is 9.15. The zero-order valence-electron chi connectivity index (χ0n) is 17.8. The number of thiocarbonyl (C=S) groups is 1. The Morgan fingerprint density at radius 3 is 2.52 bits per heavy atom. The van der Waals surface area contributed by atoms with Gasteiger partial charge in [-0.05, 0) is 31.4 Å². The van der Waals surface area contributed by atoms with Crippen LogP contribution in [0.1, 0.15) is 48.8 Å². The molecule has 0 radical (unpaired) electrons. The van der Waals surface area contributed by atoms with Crippen molar-refractivity contribution in [3.63, 3.8) is 0 Å². The van der Waals surface area contributed by atoms with E-state index < -0.39 is 0 Å². The molecule has 3 fully saturated rings. The van der Waals surface area contributed by atoms with Crippen molar-refractivity contribution in [1.82, 2.24) is 9.47 Å². The number of morpholine rings is 1. The number of carbonyl (C=O) groups excluding carboxylic acids is 1. The van der Waals surface area contributed by atoms with Crippen LogP contribution in [0, 0.1) is 18.3 Å². The smallest absolute Gasteiger partial charge is 0.270 e. The first-order chi connectivity index (χ1) is 14.9. The molecule has 3 aliphatic rings. The predicted octanol–water partition coefficient (Wildman–Crippen LogP) is 2.94. The van der Waals surface area contributed by atoms with Crippen LogP contribution in [-0.4, -0.2) is 52.0 Å². The molecule has 1 aromatic heterocycles. The van der Waals surface area contributed by atoms with Gasteiger partial charge in [0.25, 0.3) is 11.5 Å². The molecule has 0 atom stereocenters. The Morgan fingerprint density at radius 1 is 1.19 bits per heavy atom. The lowest BCUT2D eigenvalue weighted by Gasteiger charge is -2.32. The van der Waals surface area contributed by atoms with Gasteiger partial charge >= 0.3 is 0 Å². The number of hydrogen-bond acceptors (Lipinski definition) is 7. The van der Waals surface area contributed by atoms with E-state index in [0.29, 0.717) is 46.9 Å². The fraction of sp³-hybridized carbons (Fsp3) is 0.545. The number of rotatable bonds is 3. The van der Waals surface area contributed by atoms with Crippen molar-refractivity contribution >= 4 is 46.1 Å². The van der Waals surface area contributed by atoms with Crippen LogP contribution in [0.2, 0.25) is 0 Å². The minimum Gasteiger partial charge on any atom is -0.378 e. The highest BCUT2D eigenvalue weighted by molar-refractivity contribution is 8.26. The van der Waals surface area contributed by atoms with Gasteiger partial charge in [-0.3, -0.25) is 19.1 Å². The molecule has 0 bridgehead atoms. The van der Waals surface area contributed by atoms with E-state index in [9.17, 15) is 14.9 Å². The molecule has 9 heteroatoms. The van der Waals surface area contributed by atoms with Crippen molar-refractivity contribution < 1.29 is 9.53 Å². The van der Waals surface area contributed by atoms with Crippen molar-refractivity contribution in [2.24, 2.45) is 7.05 Å². The number of pyridine rings is 1. The molecule has 1 aliphatic carbocycles. The van der Waals surface area contributed by atoms with Gasteiger partial charge in [-0.2, -0.15) is 5.26 Å². The Bertz CT molecular complexity index is 1040. The fourth-order valence-electron chi connectivity index (χ4n) is 4.63. The summed E-state index contributed by atoms with van der Waals surface area (Å²) in [5.41, 5.74) is 1.10. The molecule has 1 saturated carbocycles. The van der Waals surface area contributed by atoms with Crippen LogP contribution in [-0.2, 0) is 16.6 Å². The number of ether oxygens (including phenoxy) is 1. The third kappa shape index (κ3) is 4.04. The number of carbonyl (C=O) groups is 1. The first kappa shape index (κ1) is 22.1. The van der Waals surface area contributed by atoms with E-state index in [1.807, 2.05) is 12.1 Å². The summed E-state index contributed by atoms with van der Waals surface area (Å²) >= 11 is 6.88. The van der Waals surface area contributed by atoms with Gasteiger partial charge in [0.2, 0.25) is 0 Å². The predicted molar refractivity (Wildman–Crippen MR) is 126 cm³/mol. The second-order valence-corrected chi connectivity index (χ2v) is 9.83. The molecular formula is C22H26N4O3S2. The lowest BCUT2D eigenvalue weighted by atomic mass is 9.94. The Balaban J connectivity index is 1.80. The van der Waals surface area contributed by atoms with Crippen LogP contribution in [0.4, 0.5) is 5.82 Å². The molecule has 0 aromatic carbocycles. The molecule has 0 N–H and O–H groups in total. The summed E-state index contributed by atoms with van der Waals surface area (Å²) in [4.78, 5) is 30.5. The molecular weight excluding hydrogens is 432 g/mol. The van der Waals surface area contributed by atoms with Gasteiger partial charge in [0, 0.05) is 31.7 Å². The summed E-state index contributed by atoms with van der Waals surface area (Å²) in [6.07, 6.45) is 7.23. The number of aromatic nitrogens is 1. The maximum Gasteiger partial charge on any atom is 0.270 e. The summed E-state index contributed by atoms with van der Waals surface area (Å²) < 4.78 is 7.59. The molecule has 3 heterocycles. The Kier molecular flexibility index (Phi) is 6.51. The van der Waals surface area contributed by atoms with Crippen LogP contribution in [0.15, 0.2) is 9.70 Å². The Morgan fingerprint density at radius 2 is 1.87 bits per heavy atom. The zero-order chi connectivity index (χ0) is 22.1. The van der Waals surface area contributed by atoms with Crippen LogP contribution in [0.5, 0.6) is 0 Å². The maximum absolute atomic E-state index is 13.3. The lowest BCUT2D eigenvalue weighted by Crippen LogP contribution is -2.41. The molecule has 164 valence electrons. The van der Waals surface area contributed by atoms with Gasteiger partial charge in [-0.1, -0.05) is 43.2 Å². The molecule has 4 rings (SSSR count). The highest BCUT2D eigenvalue weighted by Gasteiger charge is 2.38. The summed E-state index contributed by atoms with van der Waals surface area (Å²) in [6, 6.07) is 2.21. The number of hydrogen-bond donors (Lipinski definition) is 0. The number of amides is 1. The summed E-state index contributed by atoms with van der Waals surface area (Å²) in [6.45, 7) is 4.19. The quantitative estimate of drug-likeness (QED) is 0.509. The standard InChI is InChI=1S/C22H26N4O3S2/c1-14-16(12-18-21(28)26(22(30)31-18)15-6-4-3-5-7-15)19(25-8-10-29-11-9-25)24(2)20(27)17(14)13-23/h12,15H,3-11H2,1-2H3. The van der Waals surface area contributed by atoms with Crippen LogP contribution >= 0.6 is 24.0 Å². The lowest BCUT2D eigenvalue weighted by molar-refractivity contribution is -0.124. The highest BCUT2D eigenvalue weighted by atomic mass is 32.2. The van der Waals surface area contributed by atoms with Crippen molar-refractivity contribution in [2.45, 2.75) is 45.1 Å². The van der Waals surface area contributed by atoms with Gasteiger partial charge in [-0.25, -0.2) is 0 Å². The van der Waals surface area contributed by atoms with Crippen molar-refractivity contribution in [1.29, 1.82) is 5.26 Å². The monoisotopic (exact) mass is 458 g/mol. The molecule has 31 heavy (non-hydrogen) atoms. The van der Waals surface area contributed by atoms with Crippen molar-refractivity contribution in [3.8, 4) is 6.07 Å². The highest BCUT2D eigenvalue weighted by Crippen LogP contribution is 2.39. The van der Waals surface area contributed by atoms with E-state index in [1.54, 1.807) is 18.9 Å². The third-order valence-electron chi connectivity index (χ3n) is 6.32. The van der Waals surface area contributed by atoms with Gasteiger partial charge in [0.05, 0.1) is 18.1 Å². The second-order valence-electron chi connectivity index (χ2n) is 8.16. The summed E-state index contributed by atoms with van der Waals surface area (Å²) in [5.74, 6) is 0.648. The zero-order valence-corrected chi connectivity index (χ0v) is 19.5. The van der Waals surface area contributed by atoms with Crippen LogP contribution in [0.25, 0.3) is 6.08 Å². The fourth-order valence-corrected chi connectivity index (χ4v) is 6.02. The number of thioether (sulfide) groups is 1. The van der Waals surface area contributed by atoms with Crippen molar-refractivity contribution in [2.75, 3.05) is 31.2 Å². The molecule has 2 saturated heterocycles. The average Bonchev–Trinajstić information content (AvgIpc) is 3.06. The van der Waals surface area contributed by atoms with E-state index in [2.05, 4.69) is 4.90 Å². The van der Waals surface area contributed by atoms with E-state index in [1.165, 1.54) is 22.7 Å². The van der Waals surface area contributed by atoms with Crippen LogP contribution < -0.4 is 10.5 Å². The molecule has 7 nitrogen and oxygen atoms in total. The summed E-state index contributed by atoms with van der Waals surface area (Å²) in [7, 11) is 1.68. The van der Waals surface area contributed by atoms with E-state index in [-0.39, 0.29) is 23.1 Å². The minimum atomic E-state index is -0.326. The van der Waals surface area contributed by atoms with E-state index in [4.69, 9.17) is 17.0 Å². The van der Waals surface area contributed by atoms with Gasteiger partial charge < -0.3 is 9.64 Å². The van der Waals surface area contributed by atoms with Crippen molar-refractivity contribution in [3.05, 3.63) is 31.9 Å². The largest absolute Gasteiger partial charge is 0.378 e. The average molecular weight is 459 g/mol. The Hall–Kier alpha value is -2.15. The topological polar surface area (TPSA) is 78.6 Å². The van der Waals surface area contributed by atoms with Crippen LogP contribution in [0.3, 0.4) is 0 Å². The Labute approximate surface area is 191 Å². The number of anilines is 1. The molecule has 2 aliphatic heterocycles. The number of nitriles is 1. The SMILES string of the molecule is Cc1c(C=C2SC(=S)N(C3CCCCC3)C2=O)c(N2CCOCC2)n(C)c(=O)c1C#N. The number of nitrogens with zero attached hydrogens (tertiary/aromatic N) is 4. The first-order valence-corrected chi connectivity index (χ1v) is 11.9. The molecule has 0 unspecified atom stereocenters. The molecule has 0 spiro atoms. The first-order valence-electron chi connectivity index (χ1n) is 10.7. The van der Waals surface area contributed by atoms with E-state index in [0.717, 1.165) is 31.2 Å².